The lowest BCUT2D eigenvalue weighted by Crippen LogP contribution is -2.46. The minimum absolute atomic E-state index is 0.186. The van der Waals surface area contributed by atoms with Crippen LogP contribution in [0.3, 0.4) is 0 Å². The van der Waals surface area contributed by atoms with Crippen LogP contribution in [0, 0.1) is 5.92 Å². The number of ether oxygens (including phenoxy) is 1. The molecule has 172 valence electrons. The Labute approximate surface area is 188 Å². The zero-order chi connectivity index (χ0) is 22.7. The fraction of sp³-hybridized carbons (Fsp3) is 0.583. The molecule has 0 spiro atoms. The lowest BCUT2D eigenvalue weighted by atomic mass is 9.92. The first-order valence-electron chi connectivity index (χ1n) is 11.6. The first-order chi connectivity index (χ1) is 15.5. The van der Waals surface area contributed by atoms with Gasteiger partial charge in [0.15, 0.2) is 0 Å². The van der Waals surface area contributed by atoms with Crippen molar-refractivity contribution in [2.24, 2.45) is 5.92 Å². The minimum atomic E-state index is -0.423. The van der Waals surface area contributed by atoms with Crippen LogP contribution in [0.4, 0.5) is 5.69 Å². The highest BCUT2D eigenvalue weighted by atomic mass is 16.5. The summed E-state index contributed by atoms with van der Waals surface area (Å²) in [6.07, 6.45) is 4.80. The first-order valence-corrected chi connectivity index (χ1v) is 11.6. The summed E-state index contributed by atoms with van der Waals surface area (Å²) in [5.41, 5.74) is 0.879. The van der Waals surface area contributed by atoms with Crippen LogP contribution in [0.25, 0.3) is 0 Å². The van der Waals surface area contributed by atoms with Crippen LogP contribution >= 0.6 is 0 Å². The number of piperidine rings is 1. The number of carbonyl (C=O) groups is 4. The first kappa shape index (κ1) is 22.5. The van der Waals surface area contributed by atoms with Crippen LogP contribution in [0.1, 0.15) is 55.8 Å². The van der Waals surface area contributed by atoms with Gasteiger partial charge in [0.1, 0.15) is 0 Å². The third-order valence-corrected chi connectivity index (χ3v) is 6.83. The van der Waals surface area contributed by atoms with Crippen molar-refractivity contribution in [3.05, 3.63) is 29.8 Å². The smallest absolute Gasteiger partial charge is 0.338 e. The van der Waals surface area contributed by atoms with E-state index in [2.05, 4.69) is 4.90 Å². The number of benzene rings is 1. The van der Waals surface area contributed by atoms with E-state index in [0.29, 0.717) is 30.2 Å². The highest BCUT2D eigenvalue weighted by Gasteiger charge is 2.43. The van der Waals surface area contributed by atoms with Gasteiger partial charge >= 0.3 is 5.97 Å². The molecular formula is C24H31N3O5. The number of esters is 1. The van der Waals surface area contributed by atoms with Crippen molar-refractivity contribution >= 4 is 29.4 Å². The number of nitrogens with zero attached hydrogens (tertiary/aromatic N) is 3. The van der Waals surface area contributed by atoms with Crippen molar-refractivity contribution in [3.63, 3.8) is 0 Å². The molecule has 0 radical (unpaired) electrons. The zero-order valence-corrected chi connectivity index (χ0v) is 18.6. The number of hydrogen-bond donors (Lipinski definition) is 0. The van der Waals surface area contributed by atoms with Gasteiger partial charge < -0.3 is 9.64 Å². The maximum absolute atomic E-state index is 13.1. The quantitative estimate of drug-likeness (QED) is 0.476. The molecule has 0 bridgehead atoms. The number of imide groups is 1. The molecule has 3 fully saturated rings. The van der Waals surface area contributed by atoms with Crippen molar-refractivity contribution in [1.82, 2.24) is 9.80 Å². The maximum atomic E-state index is 13.1. The largest absolute Gasteiger partial charge is 0.462 e. The van der Waals surface area contributed by atoms with Gasteiger partial charge in [0.2, 0.25) is 11.8 Å². The fourth-order valence-corrected chi connectivity index (χ4v) is 4.97. The molecule has 4 rings (SSSR count). The second-order valence-corrected chi connectivity index (χ2v) is 8.81. The second kappa shape index (κ2) is 9.81. The Morgan fingerprint density at radius 3 is 2.38 bits per heavy atom. The van der Waals surface area contributed by atoms with E-state index in [-0.39, 0.29) is 24.1 Å². The number of likely N-dealkylation sites (tertiary alicyclic amines) is 2. The summed E-state index contributed by atoms with van der Waals surface area (Å²) < 4.78 is 4.98. The molecule has 3 aliphatic heterocycles. The van der Waals surface area contributed by atoms with E-state index in [0.717, 1.165) is 51.9 Å². The average molecular weight is 442 g/mol. The Bertz CT molecular complexity index is 876. The highest BCUT2D eigenvalue weighted by Crippen LogP contribution is 2.30. The number of rotatable bonds is 7. The molecule has 0 aromatic heterocycles. The molecule has 0 aliphatic carbocycles. The van der Waals surface area contributed by atoms with Gasteiger partial charge in [-0.2, -0.15) is 0 Å². The maximum Gasteiger partial charge on any atom is 0.338 e. The van der Waals surface area contributed by atoms with Crippen LogP contribution < -0.4 is 4.90 Å². The van der Waals surface area contributed by atoms with Gasteiger partial charge in [0.25, 0.3) is 5.91 Å². The number of carbonyl (C=O) groups excluding carboxylic acids is 4. The molecule has 3 aliphatic rings. The van der Waals surface area contributed by atoms with E-state index in [1.54, 1.807) is 31.2 Å². The minimum Gasteiger partial charge on any atom is -0.462 e. The number of hydrogen-bond acceptors (Lipinski definition) is 6. The molecule has 0 unspecified atom stereocenters. The van der Waals surface area contributed by atoms with Gasteiger partial charge in [-0.3, -0.25) is 19.3 Å². The summed E-state index contributed by atoms with van der Waals surface area (Å²) in [5, 5.41) is 0. The Hall–Kier alpha value is -2.74. The van der Waals surface area contributed by atoms with Gasteiger partial charge in [-0.1, -0.05) is 0 Å². The number of amides is 3. The molecule has 32 heavy (non-hydrogen) atoms. The van der Waals surface area contributed by atoms with E-state index in [9.17, 15) is 19.2 Å². The second-order valence-electron chi connectivity index (χ2n) is 8.81. The molecule has 3 heterocycles. The third-order valence-electron chi connectivity index (χ3n) is 6.83. The molecule has 1 atom stereocenters. The van der Waals surface area contributed by atoms with Crippen LogP contribution in [0.15, 0.2) is 24.3 Å². The van der Waals surface area contributed by atoms with Gasteiger partial charge in [-0.05, 0) is 75.9 Å². The molecular weight excluding hydrogens is 410 g/mol. The van der Waals surface area contributed by atoms with Crippen LogP contribution in [-0.4, -0.2) is 72.3 Å². The molecule has 1 aromatic rings. The summed E-state index contributed by atoms with van der Waals surface area (Å²) in [5.74, 6) is -0.00205. The zero-order valence-electron chi connectivity index (χ0n) is 18.6. The van der Waals surface area contributed by atoms with E-state index >= 15 is 0 Å². The van der Waals surface area contributed by atoms with E-state index < -0.39 is 12.0 Å². The number of anilines is 1. The lowest BCUT2D eigenvalue weighted by molar-refractivity contribution is -0.128. The van der Waals surface area contributed by atoms with Gasteiger partial charge in [-0.25, -0.2) is 9.69 Å². The SMILES string of the molecule is CCOC(=O)c1ccc(N2C(=O)C[C@@H](N3CCC(CCN4CCCC4=O)CC3)C2=O)cc1. The van der Waals surface area contributed by atoms with Crippen molar-refractivity contribution < 1.29 is 23.9 Å². The summed E-state index contributed by atoms with van der Waals surface area (Å²) in [6, 6.07) is 5.98. The highest BCUT2D eigenvalue weighted by molar-refractivity contribution is 6.22. The Morgan fingerprint density at radius 2 is 1.75 bits per heavy atom. The van der Waals surface area contributed by atoms with Gasteiger partial charge in [-0.15, -0.1) is 0 Å². The molecule has 8 heteroatoms. The van der Waals surface area contributed by atoms with Crippen molar-refractivity contribution in [2.45, 2.75) is 51.5 Å². The van der Waals surface area contributed by atoms with Crippen LogP contribution in [0.5, 0.6) is 0 Å². The lowest BCUT2D eigenvalue weighted by Gasteiger charge is -2.35. The topological polar surface area (TPSA) is 87.2 Å². The Morgan fingerprint density at radius 1 is 1.03 bits per heavy atom. The van der Waals surface area contributed by atoms with E-state index in [1.165, 1.54) is 4.90 Å². The van der Waals surface area contributed by atoms with Crippen LogP contribution in [-0.2, 0) is 19.1 Å². The average Bonchev–Trinajstić information content (AvgIpc) is 3.34. The summed E-state index contributed by atoms with van der Waals surface area (Å²) in [7, 11) is 0. The van der Waals surface area contributed by atoms with Gasteiger partial charge in [0.05, 0.1) is 30.3 Å². The van der Waals surface area contributed by atoms with Crippen LogP contribution in [0.2, 0.25) is 0 Å². The van der Waals surface area contributed by atoms with Gasteiger partial charge in [0, 0.05) is 19.5 Å². The molecule has 0 N–H and O–H groups in total. The molecule has 8 nitrogen and oxygen atoms in total. The molecule has 0 saturated carbocycles. The van der Waals surface area contributed by atoms with E-state index in [1.807, 2.05) is 4.90 Å². The van der Waals surface area contributed by atoms with Crippen molar-refractivity contribution in [2.75, 3.05) is 37.7 Å². The Balaban J connectivity index is 1.31. The summed E-state index contributed by atoms with van der Waals surface area (Å²) in [4.78, 5) is 54.7. The molecule has 1 aromatic carbocycles. The monoisotopic (exact) mass is 441 g/mol. The Kier molecular flexibility index (Phi) is 6.89. The summed E-state index contributed by atoms with van der Waals surface area (Å²) in [6.45, 7) is 5.33. The van der Waals surface area contributed by atoms with Crippen molar-refractivity contribution in [3.8, 4) is 0 Å². The van der Waals surface area contributed by atoms with Crippen molar-refractivity contribution in [1.29, 1.82) is 0 Å². The van der Waals surface area contributed by atoms with E-state index in [4.69, 9.17) is 4.74 Å². The fourth-order valence-electron chi connectivity index (χ4n) is 4.97. The molecule has 3 amide bonds. The predicted molar refractivity (Wildman–Crippen MR) is 118 cm³/mol. The normalized spacial score (nSPS) is 22.8. The standard InChI is InChI=1S/C24H31N3O5/c1-2-32-24(31)18-5-7-19(8-6-18)27-22(29)16-20(23(27)30)25-13-9-17(10-14-25)11-15-26-12-3-4-21(26)28/h5-8,17,20H,2-4,9-16H2,1H3/t20-/m1/s1. The summed E-state index contributed by atoms with van der Waals surface area (Å²) >= 11 is 0. The third kappa shape index (κ3) is 4.70. The molecule has 3 saturated heterocycles. The predicted octanol–water partition coefficient (Wildman–Crippen LogP) is 2.22.